The smallest absolute Gasteiger partial charge is 0.269 e. The van der Waals surface area contributed by atoms with Gasteiger partial charge < -0.3 is 10.1 Å². The van der Waals surface area contributed by atoms with Gasteiger partial charge in [-0.15, -0.1) is 0 Å². The van der Waals surface area contributed by atoms with Gasteiger partial charge in [0.2, 0.25) is 0 Å². The molecule has 0 aliphatic carbocycles. The van der Waals surface area contributed by atoms with Gasteiger partial charge in [-0.1, -0.05) is 0 Å². The van der Waals surface area contributed by atoms with E-state index < -0.39 is 0 Å². The number of ether oxygens (including phenoxy) is 1. The molecule has 106 valence electrons. The van der Waals surface area contributed by atoms with Crippen LogP contribution in [0.15, 0.2) is 18.2 Å². The van der Waals surface area contributed by atoms with Crippen molar-refractivity contribution in [2.24, 2.45) is 0 Å². The molecule has 5 nitrogen and oxygen atoms in total. The van der Waals surface area contributed by atoms with Crippen molar-refractivity contribution in [2.45, 2.75) is 45.8 Å². The number of aryl methyl sites for hydroxylation is 1. The first-order valence-corrected chi connectivity index (χ1v) is 6.32. The minimum atomic E-state index is -0.381. The minimum Gasteiger partial charge on any atom is -0.382 e. The third-order valence-electron chi connectivity index (χ3n) is 3.17. The maximum absolute atomic E-state index is 10.7. The van der Waals surface area contributed by atoms with E-state index in [0.29, 0.717) is 0 Å². The second kappa shape index (κ2) is 6.02. The fourth-order valence-electron chi connectivity index (χ4n) is 2.06. The Morgan fingerprint density at radius 1 is 1.47 bits per heavy atom. The number of hydrogen-bond acceptors (Lipinski definition) is 4. The van der Waals surface area contributed by atoms with E-state index in [1.165, 1.54) is 6.07 Å². The first kappa shape index (κ1) is 15.4. The van der Waals surface area contributed by atoms with Crippen LogP contribution < -0.4 is 5.32 Å². The number of methoxy groups -OCH3 is 1. The number of nitro groups is 1. The van der Waals surface area contributed by atoms with Gasteiger partial charge in [-0.2, -0.15) is 0 Å². The van der Waals surface area contributed by atoms with E-state index >= 15 is 0 Å². The van der Waals surface area contributed by atoms with Gasteiger partial charge in [0.05, 0.1) is 10.5 Å². The molecule has 1 aromatic carbocycles. The number of rotatable bonds is 6. The number of nitro benzene ring substituents is 1. The Morgan fingerprint density at radius 2 is 2.11 bits per heavy atom. The summed E-state index contributed by atoms with van der Waals surface area (Å²) in [7, 11) is 1.70. The van der Waals surface area contributed by atoms with E-state index in [1.54, 1.807) is 19.2 Å². The van der Waals surface area contributed by atoms with E-state index in [-0.39, 0.29) is 22.3 Å². The van der Waals surface area contributed by atoms with Crippen molar-refractivity contribution >= 4 is 11.4 Å². The maximum atomic E-state index is 10.7. The van der Waals surface area contributed by atoms with Crippen molar-refractivity contribution in [3.05, 3.63) is 33.9 Å². The molecular formula is C14H22N2O3. The molecule has 1 atom stereocenters. The Kier molecular flexibility index (Phi) is 4.89. The lowest BCUT2D eigenvalue weighted by molar-refractivity contribution is -0.384. The SMILES string of the molecule is COC(C)(C)CC(C)Nc1ccc([N+](=O)[O-])cc1C. The fourth-order valence-corrected chi connectivity index (χ4v) is 2.06. The van der Waals surface area contributed by atoms with Crippen molar-refractivity contribution in [1.29, 1.82) is 0 Å². The molecule has 0 fully saturated rings. The highest BCUT2D eigenvalue weighted by Gasteiger charge is 2.20. The third-order valence-corrected chi connectivity index (χ3v) is 3.17. The average Bonchev–Trinajstić information content (AvgIpc) is 2.30. The van der Waals surface area contributed by atoms with Crippen LogP contribution in [0.2, 0.25) is 0 Å². The molecule has 19 heavy (non-hydrogen) atoms. The highest BCUT2D eigenvalue weighted by Crippen LogP contribution is 2.24. The van der Waals surface area contributed by atoms with Crippen LogP contribution in [0.5, 0.6) is 0 Å². The summed E-state index contributed by atoms with van der Waals surface area (Å²) in [4.78, 5) is 10.3. The van der Waals surface area contributed by atoms with Crippen LogP contribution in [0, 0.1) is 17.0 Å². The van der Waals surface area contributed by atoms with E-state index in [9.17, 15) is 10.1 Å². The second-order valence-electron chi connectivity index (χ2n) is 5.47. The van der Waals surface area contributed by atoms with Crippen molar-refractivity contribution in [3.8, 4) is 0 Å². The molecule has 1 unspecified atom stereocenters. The van der Waals surface area contributed by atoms with Crippen molar-refractivity contribution in [3.63, 3.8) is 0 Å². The first-order valence-electron chi connectivity index (χ1n) is 6.32. The number of nitrogens with zero attached hydrogens (tertiary/aromatic N) is 1. The lowest BCUT2D eigenvalue weighted by Gasteiger charge is -2.28. The van der Waals surface area contributed by atoms with Crippen LogP contribution in [0.1, 0.15) is 32.8 Å². The molecule has 0 amide bonds. The molecule has 0 radical (unpaired) electrons. The largest absolute Gasteiger partial charge is 0.382 e. The molecule has 1 N–H and O–H groups in total. The Bertz CT molecular complexity index is 458. The second-order valence-corrected chi connectivity index (χ2v) is 5.47. The quantitative estimate of drug-likeness (QED) is 0.632. The molecule has 0 bridgehead atoms. The lowest BCUT2D eigenvalue weighted by Crippen LogP contribution is -2.31. The van der Waals surface area contributed by atoms with Crippen LogP contribution in [-0.2, 0) is 4.74 Å². The number of anilines is 1. The van der Waals surface area contributed by atoms with Crippen LogP contribution >= 0.6 is 0 Å². The fraction of sp³-hybridized carbons (Fsp3) is 0.571. The van der Waals surface area contributed by atoms with Crippen LogP contribution in [0.25, 0.3) is 0 Å². The predicted octanol–water partition coefficient (Wildman–Crippen LogP) is 3.52. The van der Waals surface area contributed by atoms with Crippen molar-refractivity contribution in [1.82, 2.24) is 0 Å². The standard InChI is InChI=1S/C14H22N2O3/c1-10-8-12(16(17)18)6-7-13(10)15-11(2)9-14(3,4)19-5/h6-8,11,15H,9H2,1-5H3. The predicted molar refractivity (Wildman–Crippen MR) is 76.6 cm³/mol. The third kappa shape index (κ3) is 4.52. The summed E-state index contributed by atoms with van der Waals surface area (Å²) < 4.78 is 5.40. The van der Waals surface area contributed by atoms with Crippen LogP contribution in [0.3, 0.4) is 0 Å². The zero-order chi connectivity index (χ0) is 14.6. The number of non-ortho nitro benzene ring substituents is 1. The highest BCUT2D eigenvalue weighted by molar-refractivity contribution is 5.55. The number of benzene rings is 1. The number of nitrogens with one attached hydrogen (secondary N) is 1. The molecule has 0 saturated heterocycles. The van der Waals surface area contributed by atoms with Gasteiger partial charge in [-0.3, -0.25) is 10.1 Å². The summed E-state index contributed by atoms with van der Waals surface area (Å²) >= 11 is 0. The Balaban J connectivity index is 2.75. The van der Waals surface area contributed by atoms with E-state index in [1.807, 2.05) is 20.8 Å². The summed E-state index contributed by atoms with van der Waals surface area (Å²) in [5.74, 6) is 0. The van der Waals surface area contributed by atoms with Gasteiger partial charge in [0.25, 0.3) is 5.69 Å². The van der Waals surface area contributed by atoms with Gasteiger partial charge in [-0.05, 0) is 45.7 Å². The summed E-state index contributed by atoms with van der Waals surface area (Å²) in [5, 5.41) is 14.0. The zero-order valence-corrected chi connectivity index (χ0v) is 12.2. The summed E-state index contributed by atoms with van der Waals surface area (Å²) in [5.41, 5.74) is 1.72. The van der Waals surface area contributed by atoms with Crippen molar-refractivity contribution < 1.29 is 9.66 Å². The van der Waals surface area contributed by atoms with Crippen LogP contribution in [0.4, 0.5) is 11.4 Å². The molecular weight excluding hydrogens is 244 g/mol. The van der Waals surface area contributed by atoms with Gasteiger partial charge >= 0.3 is 0 Å². The number of hydrogen-bond donors (Lipinski definition) is 1. The van der Waals surface area contributed by atoms with E-state index in [2.05, 4.69) is 12.2 Å². The maximum Gasteiger partial charge on any atom is 0.269 e. The zero-order valence-electron chi connectivity index (χ0n) is 12.2. The molecule has 5 heteroatoms. The van der Waals surface area contributed by atoms with Gasteiger partial charge in [0.15, 0.2) is 0 Å². The Morgan fingerprint density at radius 3 is 2.58 bits per heavy atom. The highest BCUT2D eigenvalue weighted by atomic mass is 16.6. The van der Waals surface area contributed by atoms with Gasteiger partial charge in [-0.25, -0.2) is 0 Å². The molecule has 0 spiro atoms. The monoisotopic (exact) mass is 266 g/mol. The molecule has 0 aliphatic heterocycles. The van der Waals surface area contributed by atoms with Crippen molar-refractivity contribution in [2.75, 3.05) is 12.4 Å². The van der Waals surface area contributed by atoms with Gasteiger partial charge in [0.1, 0.15) is 0 Å². The Labute approximate surface area is 114 Å². The normalized spacial score (nSPS) is 13.1. The molecule has 0 saturated carbocycles. The molecule has 0 aromatic heterocycles. The summed E-state index contributed by atoms with van der Waals surface area (Å²) in [6.45, 7) is 8.01. The van der Waals surface area contributed by atoms with Crippen LogP contribution in [-0.4, -0.2) is 23.7 Å². The first-order chi connectivity index (χ1) is 8.75. The van der Waals surface area contributed by atoms with E-state index in [0.717, 1.165) is 17.7 Å². The van der Waals surface area contributed by atoms with Gasteiger partial charge in [0, 0.05) is 31.0 Å². The molecule has 1 rings (SSSR count). The minimum absolute atomic E-state index is 0.118. The topological polar surface area (TPSA) is 64.4 Å². The molecule has 1 aromatic rings. The summed E-state index contributed by atoms with van der Waals surface area (Å²) in [6, 6.07) is 5.07. The molecule has 0 aliphatic rings. The van der Waals surface area contributed by atoms with E-state index in [4.69, 9.17) is 4.74 Å². The summed E-state index contributed by atoms with van der Waals surface area (Å²) in [6.07, 6.45) is 0.847. The molecule has 0 heterocycles. The lowest BCUT2D eigenvalue weighted by atomic mass is 9.99. The average molecular weight is 266 g/mol. The Hall–Kier alpha value is -1.62.